The van der Waals surface area contributed by atoms with Crippen molar-refractivity contribution in [3.8, 4) is 0 Å². The standard InChI is InChI=1S/C18H18FN3O/c1-11(2)18-21-15-8-7-14(10-16(15)22-18)20-17(23)9-12-3-5-13(19)6-4-12/h3-8,10-11H,9H2,1-2H3,(H,20,23)(H,21,22). The second-order valence-corrected chi connectivity index (χ2v) is 5.86. The maximum Gasteiger partial charge on any atom is 0.228 e. The molecule has 1 heterocycles. The van der Waals surface area contributed by atoms with Crippen molar-refractivity contribution in [3.63, 3.8) is 0 Å². The van der Waals surface area contributed by atoms with Gasteiger partial charge in [0.15, 0.2) is 0 Å². The number of halogens is 1. The van der Waals surface area contributed by atoms with Crippen molar-refractivity contribution in [2.45, 2.75) is 26.2 Å². The number of nitrogens with zero attached hydrogens (tertiary/aromatic N) is 1. The Balaban J connectivity index is 1.72. The topological polar surface area (TPSA) is 57.8 Å². The lowest BCUT2D eigenvalue weighted by Gasteiger charge is -2.05. The highest BCUT2D eigenvalue weighted by Gasteiger charge is 2.09. The number of benzene rings is 2. The molecule has 3 aromatic rings. The van der Waals surface area contributed by atoms with Crippen molar-refractivity contribution in [1.29, 1.82) is 0 Å². The molecular weight excluding hydrogens is 293 g/mol. The van der Waals surface area contributed by atoms with Gasteiger partial charge in [0.2, 0.25) is 5.91 Å². The number of amides is 1. The Bertz CT molecular complexity index is 837. The van der Waals surface area contributed by atoms with Crippen LogP contribution in [0.25, 0.3) is 11.0 Å². The zero-order valence-electron chi connectivity index (χ0n) is 13.1. The molecule has 0 spiro atoms. The summed E-state index contributed by atoms with van der Waals surface area (Å²) < 4.78 is 12.9. The van der Waals surface area contributed by atoms with Crippen molar-refractivity contribution >= 4 is 22.6 Å². The van der Waals surface area contributed by atoms with Crippen LogP contribution in [0, 0.1) is 5.82 Å². The smallest absolute Gasteiger partial charge is 0.228 e. The molecule has 0 saturated heterocycles. The first-order valence-electron chi connectivity index (χ1n) is 7.55. The van der Waals surface area contributed by atoms with Gasteiger partial charge in [-0.2, -0.15) is 0 Å². The molecular formula is C18H18FN3O. The normalized spacial score (nSPS) is 11.1. The number of nitrogens with one attached hydrogen (secondary N) is 2. The third kappa shape index (κ3) is 3.56. The monoisotopic (exact) mass is 311 g/mol. The number of carbonyl (C=O) groups is 1. The van der Waals surface area contributed by atoms with Crippen LogP contribution >= 0.6 is 0 Å². The largest absolute Gasteiger partial charge is 0.342 e. The van der Waals surface area contributed by atoms with Crippen LogP contribution in [0.5, 0.6) is 0 Å². The van der Waals surface area contributed by atoms with Crippen LogP contribution in [0.2, 0.25) is 0 Å². The van der Waals surface area contributed by atoms with Gasteiger partial charge in [-0.05, 0) is 35.9 Å². The molecule has 0 radical (unpaired) electrons. The summed E-state index contributed by atoms with van der Waals surface area (Å²) in [5, 5.41) is 2.86. The second kappa shape index (κ2) is 6.20. The molecule has 2 N–H and O–H groups in total. The van der Waals surface area contributed by atoms with E-state index in [-0.39, 0.29) is 18.1 Å². The Hall–Kier alpha value is -2.69. The van der Waals surface area contributed by atoms with E-state index in [1.807, 2.05) is 18.2 Å². The highest BCUT2D eigenvalue weighted by molar-refractivity contribution is 5.94. The molecule has 1 amide bonds. The van der Waals surface area contributed by atoms with E-state index in [0.717, 1.165) is 22.4 Å². The lowest BCUT2D eigenvalue weighted by Crippen LogP contribution is -2.14. The molecule has 23 heavy (non-hydrogen) atoms. The van der Waals surface area contributed by atoms with Crippen LogP contribution in [0.4, 0.5) is 10.1 Å². The van der Waals surface area contributed by atoms with Gasteiger partial charge < -0.3 is 10.3 Å². The summed E-state index contributed by atoms with van der Waals surface area (Å²) in [5.41, 5.74) is 3.26. The summed E-state index contributed by atoms with van der Waals surface area (Å²) in [6.07, 6.45) is 0.207. The Morgan fingerprint density at radius 2 is 1.96 bits per heavy atom. The summed E-state index contributed by atoms with van der Waals surface area (Å²) in [5.74, 6) is 0.799. The maximum absolute atomic E-state index is 12.9. The Labute approximate surface area is 133 Å². The minimum Gasteiger partial charge on any atom is -0.342 e. The van der Waals surface area contributed by atoms with Gasteiger partial charge in [-0.15, -0.1) is 0 Å². The predicted octanol–water partition coefficient (Wildman–Crippen LogP) is 4.01. The van der Waals surface area contributed by atoms with Gasteiger partial charge >= 0.3 is 0 Å². The maximum atomic E-state index is 12.9. The summed E-state index contributed by atoms with van der Waals surface area (Å²) in [4.78, 5) is 19.9. The van der Waals surface area contributed by atoms with Gasteiger partial charge in [-0.1, -0.05) is 26.0 Å². The molecule has 0 bridgehead atoms. The molecule has 0 aliphatic carbocycles. The molecule has 0 fully saturated rings. The van der Waals surface area contributed by atoms with Crippen LogP contribution in [-0.4, -0.2) is 15.9 Å². The van der Waals surface area contributed by atoms with Crippen LogP contribution in [0.1, 0.15) is 31.2 Å². The van der Waals surface area contributed by atoms with E-state index in [1.54, 1.807) is 12.1 Å². The molecule has 0 unspecified atom stereocenters. The molecule has 5 heteroatoms. The summed E-state index contributed by atoms with van der Waals surface area (Å²) in [7, 11) is 0. The van der Waals surface area contributed by atoms with Crippen molar-refractivity contribution in [1.82, 2.24) is 9.97 Å². The van der Waals surface area contributed by atoms with E-state index in [0.29, 0.717) is 11.6 Å². The zero-order valence-corrected chi connectivity index (χ0v) is 13.1. The number of H-pyrrole nitrogens is 1. The first-order chi connectivity index (χ1) is 11.0. The average molecular weight is 311 g/mol. The lowest BCUT2D eigenvalue weighted by molar-refractivity contribution is -0.115. The first kappa shape index (κ1) is 15.2. The van der Waals surface area contributed by atoms with Crippen LogP contribution in [0.15, 0.2) is 42.5 Å². The average Bonchev–Trinajstić information content (AvgIpc) is 2.93. The van der Waals surface area contributed by atoms with Gasteiger partial charge in [0.25, 0.3) is 0 Å². The van der Waals surface area contributed by atoms with E-state index in [1.165, 1.54) is 12.1 Å². The van der Waals surface area contributed by atoms with Crippen molar-refractivity contribution in [2.75, 3.05) is 5.32 Å². The van der Waals surface area contributed by atoms with Crippen LogP contribution < -0.4 is 5.32 Å². The van der Waals surface area contributed by atoms with Crippen LogP contribution in [0.3, 0.4) is 0 Å². The van der Waals surface area contributed by atoms with Crippen molar-refractivity contribution in [2.24, 2.45) is 0 Å². The lowest BCUT2D eigenvalue weighted by atomic mass is 10.1. The van der Waals surface area contributed by atoms with Crippen LogP contribution in [-0.2, 0) is 11.2 Å². The SMILES string of the molecule is CC(C)c1nc2ccc(NC(=O)Cc3ccc(F)cc3)cc2[nH]1. The molecule has 3 rings (SSSR count). The molecule has 1 aromatic heterocycles. The summed E-state index contributed by atoms with van der Waals surface area (Å²) in [6, 6.07) is 11.5. The molecule has 0 aliphatic heterocycles. The van der Waals surface area contributed by atoms with Gasteiger partial charge in [0.05, 0.1) is 17.5 Å². The molecule has 118 valence electrons. The van der Waals surface area contributed by atoms with E-state index in [4.69, 9.17) is 0 Å². The van der Waals surface area contributed by atoms with E-state index in [9.17, 15) is 9.18 Å². The Kier molecular flexibility index (Phi) is 4.10. The molecule has 0 aliphatic rings. The number of aromatic nitrogens is 2. The minimum atomic E-state index is -0.306. The highest BCUT2D eigenvalue weighted by atomic mass is 19.1. The van der Waals surface area contributed by atoms with Gasteiger partial charge in [0, 0.05) is 11.6 Å². The third-order valence-electron chi connectivity index (χ3n) is 3.61. The highest BCUT2D eigenvalue weighted by Crippen LogP contribution is 2.20. The molecule has 0 atom stereocenters. The fourth-order valence-electron chi connectivity index (χ4n) is 2.37. The Morgan fingerprint density at radius 3 is 2.65 bits per heavy atom. The quantitative estimate of drug-likeness (QED) is 0.765. The van der Waals surface area contributed by atoms with Crippen molar-refractivity contribution in [3.05, 3.63) is 59.7 Å². The molecule has 4 nitrogen and oxygen atoms in total. The third-order valence-corrected chi connectivity index (χ3v) is 3.61. The fourth-order valence-corrected chi connectivity index (χ4v) is 2.37. The number of imidazole rings is 1. The number of fused-ring (bicyclic) bond motifs is 1. The van der Waals surface area contributed by atoms with Gasteiger partial charge in [-0.25, -0.2) is 9.37 Å². The molecule has 2 aromatic carbocycles. The zero-order chi connectivity index (χ0) is 16.4. The number of rotatable bonds is 4. The number of hydrogen-bond acceptors (Lipinski definition) is 2. The number of carbonyl (C=O) groups excluding carboxylic acids is 1. The van der Waals surface area contributed by atoms with Gasteiger partial charge in [0.1, 0.15) is 11.6 Å². The predicted molar refractivity (Wildman–Crippen MR) is 88.9 cm³/mol. The number of hydrogen-bond donors (Lipinski definition) is 2. The fraction of sp³-hybridized carbons (Fsp3) is 0.222. The first-order valence-corrected chi connectivity index (χ1v) is 7.55. The second-order valence-electron chi connectivity index (χ2n) is 5.86. The number of anilines is 1. The van der Waals surface area contributed by atoms with Crippen molar-refractivity contribution < 1.29 is 9.18 Å². The van der Waals surface area contributed by atoms with E-state index < -0.39 is 0 Å². The van der Waals surface area contributed by atoms with E-state index >= 15 is 0 Å². The van der Waals surface area contributed by atoms with E-state index in [2.05, 4.69) is 29.1 Å². The minimum absolute atomic E-state index is 0.139. The summed E-state index contributed by atoms with van der Waals surface area (Å²) in [6.45, 7) is 4.15. The molecule has 0 saturated carbocycles. The Morgan fingerprint density at radius 1 is 1.22 bits per heavy atom. The number of aromatic amines is 1. The van der Waals surface area contributed by atoms with Gasteiger partial charge in [-0.3, -0.25) is 4.79 Å². The summed E-state index contributed by atoms with van der Waals surface area (Å²) >= 11 is 0.